The Labute approximate surface area is 52.3 Å². The first-order valence-corrected chi connectivity index (χ1v) is 3.08. The van der Waals surface area contributed by atoms with E-state index in [9.17, 15) is 4.79 Å². The van der Waals surface area contributed by atoms with E-state index in [1.165, 1.54) is 0 Å². The van der Waals surface area contributed by atoms with Crippen LogP contribution in [0.4, 0.5) is 0 Å². The number of aliphatic hydroxyl groups is 1. The highest BCUT2D eigenvalue weighted by atomic mass is 16.4. The number of hydrogen-bond acceptors (Lipinski definition) is 2. The number of carbonyl (C=O) groups is 1. The Bertz CT molecular complexity index is 177. The zero-order valence-corrected chi connectivity index (χ0v) is 4.87. The first kappa shape index (κ1) is 5.23. The Hall–Kier alpha value is -0.570. The summed E-state index contributed by atoms with van der Waals surface area (Å²) in [5, 5.41) is 17.4. The third-order valence-electron chi connectivity index (χ3n) is 2.60. The molecule has 0 aromatic heterocycles. The van der Waals surface area contributed by atoms with Crippen LogP contribution in [-0.4, -0.2) is 22.3 Å². The van der Waals surface area contributed by atoms with Crippen LogP contribution in [0.3, 0.4) is 0 Å². The minimum absolute atomic E-state index is 0.0926. The van der Waals surface area contributed by atoms with Crippen molar-refractivity contribution in [1.29, 1.82) is 0 Å². The molecule has 9 heavy (non-hydrogen) atoms. The van der Waals surface area contributed by atoms with E-state index < -0.39 is 11.4 Å². The molecule has 0 aromatic carbocycles. The molecule has 0 bridgehead atoms. The van der Waals surface area contributed by atoms with Gasteiger partial charge in [-0.15, -0.1) is 0 Å². The molecule has 3 nitrogen and oxygen atoms in total. The van der Waals surface area contributed by atoms with Gasteiger partial charge in [0, 0.05) is 5.92 Å². The number of rotatable bonds is 1. The van der Waals surface area contributed by atoms with Crippen LogP contribution in [-0.2, 0) is 4.79 Å². The number of aliphatic carboxylic acids is 1. The average molecular weight is 128 g/mol. The molecule has 2 rings (SSSR count). The Morgan fingerprint density at radius 2 is 2.22 bits per heavy atom. The van der Waals surface area contributed by atoms with Crippen LogP contribution in [0.25, 0.3) is 0 Å². The standard InChI is InChI=1S/C6H8O3/c7-4-2-6(5(8)9)1-3(4)6/h3-4,7H,1-2H2,(H,8,9)/t3-,4+,6-/m0/s1. The fourth-order valence-corrected chi connectivity index (χ4v) is 1.76. The quantitative estimate of drug-likeness (QED) is 0.516. The van der Waals surface area contributed by atoms with Crippen molar-refractivity contribution in [3.63, 3.8) is 0 Å². The van der Waals surface area contributed by atoms with Gasteiger partial charge < -0.3 is 10.2 Å². The molecule has 2 saturated carbocycles. The van der Waals surface area contributed by atoms with E-state index in [0.29, 0.717) is 12.8 Å². The van der Waals surface area contributed by atoms with E-state index >= 15 is 0 Å². The Morgan fingerprint density at radius 1 is 1.56 bits per heavy atom. The van der Waals surface area contributed by atoms with Gasteiger partial charge in [-0.25, -0.2) is 0 Å². The minimum atomic E-state index is -0.724. The van der Waals surface area contributed by atoms with Crippen molar-refractivity contribution >= 4 is 5.97 Å². The Morgan fingerprint density at radius 3 is 2.33 bits per heavy atom. The second-order valence-electron chi connectivity index (χ2n) is 3.04. The molecule has 2 N–H and O–H groups in total. The molecule has 0 heterocycles. The van der Waals surface area contributed by atoms with Gasteiger partial charge in [-0.2, -0.15) is 0 Å². The third kappa shape index (κ3) is 0.399. The van der Waals surface area contributed by atoms with E-state index in [1.54, 1.807) is 0 Å². The summed E-state index contributed by atoms with van der Waals surface area (Å²) < 4.78 is 0. The molecule has 50 valence electrons. The van der Waals surface area contributed by atoms with Crippen LogP contribution in [0, 0.1) is 11.3 Å². The molecule has 3 atom stereocenters. The van der Waals surface area contributed by atoms with Gasteiger partial charge in [0.15, 0.2) is 0 Å². The van der Waals surface area contributed by atoms with Gasteiger partial charge in [0.05, 0.1) is 11.5 Å². The molecule has 2 aliphatic carbocycles. The molecule has 0 aromatic rings. The highest BCUT2D eigenvalue weighted by molar-refractivity contribution is 5.80. The zero-order chi connectivity index (χ0) is 6.65. The number of carboxylic acid groups (broad SMARTS) is 1. The van der Waals surface area contributed by atoms with Gasteiger partial charge >= 0.3 is 5.97 Å². The van der Waals surface area contributed by atoms with Crippen LogP contribution in [0.5, 0.6) is 0 Å². The van der Waals surface area contributed by atoms with Crippen molar-refractivity contribution < 1.29 is 15.0 Å². The number of carboxylic acids is 1. The van der Waals surface area contributed by atoms with Crippen molar-refractivity contribution in [2.24, 2.45) is 11.3 Å². The summed E-state index contributed by atoms with van der Waals surface area (Å²) in [6.07, 6.45) is 0.859. The summed E-state index contributed by atoms with van der Waals surface area (Å²) in [5.74, 6) is -0.632. The van der Waals surface area contributed by atoms with E-state index in [-0.39, 0.29) is 12.0 Å². The van der Waals surface area contributed by atoms with Gasteiger partial charge in [0.2, 0.25) is 0 Å². The lowest BCUT2D eigenvalue weighted by molar-refractivity contribution is -0.150. The molecular formula is C6H8O3. The topological polar surface area (TPSA) is 57.5 Å². The molecule has 3 heteroatoms. The predicted molar refractivity (Wildman–Crippen MR) is 28.8 cm³/mol. The maximum atomic E-state index is 10.4. The van der Waals surface area contributed by atoms with Gasteiger partial charge in [0.25, 0.3) is 0 Å². The molecule has 0 spiro atoms. The highest BCUT2D eigenvalue weighted by Crippen LogP contribution is 2.67. The molecule has 2 aliphatic rings. The maximum absolute atomic E-state index is 10.4. The fraction of sp³-hybridized carbons (Fsp3) is 0.833. The number of aliphatic hydroxyl groups excluding tert-OH is 1. The molecule has 0 saturated heterocycles. The maximum Gasteiger partial charge on any atom is 0.310 e. The van der Waals surface area contributed by atoms with Crippen LogP contribution in [0.1, 0.15) is 12.8 Å². The van der Waals surface area contributed by atoms with Gasteiger partial charge in [-0.05, 0) is 12.8 Å². The summed E-state index contributed by atoms with van der Waals surface area (Å²) in [7, 11) is 0. The largest absolute Gasteiger partial charge is 0.481 e. The van der Waals surface area contributed by atoms with E-state index in [0.717, 1.165) is 0 Å². The van der Waals surface area contributed by atoms with Crippen molar-refractivity contribution in [3.05, 3.63) is 0 Å². The van der Waals surface area contributed by atoms with Crippen LogP contribution in [0.2, 0.25) is 0 Å². The lowest BCUT2D eigenvalue weighted by atomic mass is 9.82. The van der Waals surface area contributed by atoms with Crippen LogP contribution < -0.4 is 0 Å². The van der Waals surface area contributed by atoms with Crippen molar-refractivity contribution in [3.8, 4) is 0 Å². The van der Waals surface area contributed by atoms with Crippen LogP contribution in [0.15, 0.2) is 0 Å². The first-order chi connectivity index (χ1) is 4.17. The molecule has 0 aliphatic heterocycles. The summed E-state index contributed by atoms with van der Waals surface area (Å²) >= 11 is 0. The molecule has 0 unspecified atom stereocenters. The van der Waals surface area contributed by atoms with Gasteiger partial charge in [-0.1, -0.05) is 0 Å². The van der Waals surface area contributed by atoms with Crippen molar-refractivity contribution in [2.75, 3.05) is 0 Å². The smallest absolute Gasteiger partial charge is 0.310 e. The highest BCUT2D eigenvalue weighted by Gasteiger charge is 2.71. The van der Waals surface area contributed by atoms with Crippen molar-refractivity contribution in [2.45, 2.75) is 18.9 Å². The van der Waals surface area contributed by atoms with Crippen molar-refractivity contribution in [1.82, 2.24) is 0 Å². The van der Waals surface area contributed by atoms with E-state index in [1.807, 2.05) is 0 Å². The predicted octanol–water partition coefficient (Wildman–Crippen LogP) is -0.158. The third-order valence-corrected chi connectivity index (χ3v) is 2.60. The normalized spacial score (nSPS) is 53.4. The second kappa shape index (κ2) is 1.14. The molecular weight excluding hydrogens is 120 g/mol. The monoisotopic (exact) mass is 128 g/mol. The number of fused-ring (bicyclic) bond motifs is 1. The van der Waals surface area contributed by atoms with Gasteiger partial charge in [-0.3, -0.25) is 4.79 Å². The summed E-state index contributed by atoms with van der Waals surface area (Å²) in [5.41, 5.74) is -0.473. The van der Waals surface area contributed by atoms with E-state index in [4.69, 9.17) is 10.2 Å². The SMILES string of the molecule is O=C(O)[C@@]12C[C@@H](O)[C@@H]1C2. The fourth-order valence-electron chi connectivity index (χ4n) is 1.76. The first-order valence-electron chi connectivity index (χ1n) is 3.08. The summed E-state index contributed by atoms with van der Waals surface area (Å²) in [6, 6.07) is 0. The summed E-state index contributed by atoms with van der Waals surface area (Å²) in [6.45, 7) is 0. The lowest BCUT2D eigenvalue weighted by Crippen LogP contribution is -2.36. The summed E-state index contributed by atoms with van der Waals surface area (Å²) in [4.78, 5) is 10.4. The number of hydrogen-bond donors (Lipinski definition) is 2. The zero-order valence-electron chi connectivity index (χ0n) is 4.87. The molecule has 0 radical (unpaired) electrons. The minimum Gasteiger partial charge on any atom is -0.481 e. The second-order valence-corrected chi connectivity index (χ2v) is 3.04. The van der Waals surface area contributed by atoms with Crippen LogP contribution >= 0.6 is 0 Å². The Kier molecular flexibility index (Phi) is 0.662. The molecule has 2 fully saturated rings. The van der Waals surface area contributed by atoms with Gasteiger partial charge in [0.1, 0.15) is 0 Å². The molecule has 0 amide bonds. The van der Waals surface area contributed by atoms with E-state index in [2.05, 4.69) is 0 Å². The Balaban J connectivity index is 2.12. The average Bonchev–Trinajstić information content (AvgIpc) is 2.36. The lowest BCUT2D eigenvalue weighted by Gasteiger charge is -2.26.